The first kappa shape index (κ1) is 22.8. The van der Waals surface area contributed by atoms with Crippen LogP contribution in [0.4, 0.5) is 15.8 Å². The second-order valence-electron chi connectivity index (χ2n) is 6.46. The first-order valence-electron chi connectivity index (χ1n) is 9.27. The van der Waals surface area contributed by atoms with Crippen LogP contribution in [-0.4, -0.2) is 34.0 Å². The van der Waals surface area contributed by atoms with Crippen LogP contribution in [0.5, 0.6) is 5.75 Å². The average molecular weight is 458 g/mol. The molecule has 0 aromatic heterocycles. The Morgan fingerprint density at radius 3 is 2.38 bits per heavy atom. The standard InChI is InChI=1S/C22H19FN2O6S/c1-30-21(26)14-31-17-11-9-16(10-12-17)24-22(27)15-5-4-6-18(13-15)32(28,29)25-20-8-3-2-7-19(20)23/h2-13,25H,14H2,1H3,(H,24,27). The van der Waals surface area contributed by atoms with Crippen molar-refractivity contribution in [2.24, 2.45) is 0 Å². The number of hydrogen-bond donors (Lipinski definition) is 2. The monoisotopic (exact) mass is 458 g/mol. The average Bonchev–Trinajstić information content (AvgIpc) is 2.80. The number of carbonyl (C=O) groups is 2. The highest BCUT2D eigenvalue weighted by molar-refractivity contribution is 7.92. The van der Waals surface area contributed by atoms with Gasteiger partial charge in [0.15, 0.2) is 6.61 Å². The molecule has 8 nitrogen and oxygen atoms in total. The third-order valence-corrected chi connectivity index (χ3v) is 5.58. The normalized spacial score (nSPS) is 10.8. The number of hydrogen-bond acceptors (Lipinski definition) is 6. The fraction of sp³-hybridized carbons (Fsp3) is 0.0909. The van der Waals surface area contributed by atoms with E-state index in [0.29, 0.717) is 11.4 Å². The highest BCUT2D eigenvalue weighted by Gasteiger charge is 2.18. The van der Waals surface area contributed by atoms with E-state index in [1.807, 2.05) is 0 Å². The van der Waals surface area contributed by atoms with Gasteiger partial charge in [0.25, 0.3) is 15.9 Å². The minimum absolute atomic E-state index is 0.0902. The highest BCUT2D eigenvalue weighted by atomic mass is 32.2. The molecule has 2 N–H and O–H groups in total. The van der Waals surface area contributed by atoms with Crippen LogP contribution in [0.1, 0.15) is 10.4 Å². The lowest BCUT2D eigenvalue weighted by Crippen LogP contribution is -2.16. The summed E-state index contributed by atoms with van der Waals surface area (Å²) in [5.74, 6) is -1.39. The van der Waals surface area contributed by atoms with Crippen LogP contribution < -0.4 is 14.8 Å². The summed E-state index contributed by atoms with van der Waals surface area (Å²) >= 11 is 0. The van der Waals surface area contributed by atoms with Crippen molar-refractivity contribution in [2.45, 2.75) is 4.90 Å². The van der Waals surface area contributed by atoms with Crippen LogP contribution >= 0.6 is 0 Å². The molecule has 0 spiro atoms. The molecule has 0 aliphatic rings. The van der Waals surface area contributed by atoms with E-state index in [2.05, 4.69) is 14.8 Å². The number of amides is 1. The van der Waals surface area contributed by atoms with Gasteiger partial charge in [-0.3, -0.25) is 9.52 Å². The van der Waals surface area contributed by atoms with Gasteiger partial charge in [-0.1, -0.05) is 18.2 Å². The molecule has 0 aliphatic heterocycles. The molecule has 3 aromatic carbocycles. The van der Waals surface area contributed by atoms with Crippen molar-refractivity contribution in [2.75, 3.05) is 23.8 Å². The Morgan fingerprint density at radius 1 is 0.969 bits per heavy atom. The van der Waals surface area contributed by atoms with Gasteiger partial charge in [-0.15, -0.1) is 0 Å². The van der Waals surface area contributed by atoms with E-state index in [-0.39, 0.29) is 22.8 Å². The maximum atomic E-state index is 13.8. The summed E-state index contributed by atoms with van der Waals surface area (Å²) < 4.78 is 50.9. The van der Waals surface area contributed by atoms with E-state index in [1.54, 1.807) is 24.3 Å². The summed E-state index contributed by atoms with van der Waals surface area (Å²) in [5.41, 5.74) is 0.322. The number of methoxy groups -OCH3 is 1. The van der Waals surface area contributed by atoms with Gasteiger partial charge >= 0.3 is 5.97 Å². The number of sulfonamides is 1. The Kier molecular flexibility index (Phi) is 7.06. The van der Waals surface area contributed by atoms with Gasteiger partial charge in [0.2, 0.25) is 0 Å². The summed E-state index contributed by atoms with van der Waals surface area (Å²) in [4.78, 5) is 23.5. The van der Waals surface area contributed by atoms with Crippen molar-refractivity contribution in [1.29, 1.82) is 0 Å². The Bertz CT molecular complexity index is 1230. The third-order valence-electron chi connectivity index (χ3n) is 4.22. The lowest BCUT2D eigenvalue weighted by Gasteiger charge is -2.11. The van der Waals surface area contributed by atoms with E-state index < -0.39 is 27.7 Å². The zero-order chi connectivity index (χ0) is 23.1. The minimum Gasteiger partial charge on any atom is -0.482 e. The molecule has 1 amide bonds. The van der Waals surface area contributed by atoms with Crippen molar-refractivity contribution < 1.29 is 31.9 Å². The Morgan fingerprint density at radius 2 is 1.69 bits per heavy atom. The Labute approximate surface area is 184 Å². The van der Waals surface area contributed by atoms with Gasteiger partial charge in [0, 0.05) is 11.3 Å². The number of nitrogens with one attached hydrogen (secondary N) is 2. The molecule has 0 heterocycles. The number of esters is 1. The topological polar surface area (TPSA) is 111 Å². The SMILES string of the molecule is COC(=O)COc1ccc(NC(=O)c2cccc(S(=O)(=O)Nc3ccccc3F)c2)cc1. The number of anilines is 2. The van der Waals surface area contributed by atoms with Crippen LogP contribution in [0.15, 0.2) is 77.7 Å². The number of carbonyl (C=O) groups excluding carboxylic acids is 2. The first-order valence-corrected chi connectivity index (χ1v) is 10.8. The van der Waals surface area contributed by atoms with Gasteiger partial charge in [0.05, 0.1) is 17.7 Å². The highest BCUT2D eigenvalue weighted by Crippen LogP contribution is 2.21. The molecule has 0 fully saturated rings. The number of halogens is 1. The molecule has 0 atom stereocenters. The van der Waals surface area contributed by atoms with E-state index in [0.717, 1.165) is 6.07 Å². The van der Waals surface area contributed by atoms with Crippen molar-refractivity contribution in [3.05, 3.63) is 84.2 Å². The molecule has 0 radical (unpaired) electrons. The fourth-order valence-corrected chi connectivity index (χ4v) is 3.70. The smallest absolute Gasteiger partial charge is 0.343 e. The first-order chi connectivity index (χ1) is 15.3. The summed E-state index contributed by atoms with van der Waals surface area (Å²) in [6.45, 7) is -0.246. The summed E-state index contributed by atoms with van der Waals surface area (Å²) in [6.07, 6.45) is 0. The van der Waals surface area contributed by atoms with Crippen LogP contribution in [0.25, 0.3) is 0 Å². The fourth-order valence-electron chi connectivity index (χ4n) is 2.59. The van der Waals surface area contributed by atoms with Crippen molar-refractivity contribution >= 4 is 33.3 Å². The van der Waals surface area contributed by atoms with Crippen LogP contribution in [0.2, 0.25) is 0 Å². The lowest BCUT2D eigenvalue weighted by atomic mass is 10.2. The molecule has 0 saturated heterocycles. The zero-order valence-corrected chi connectivity index (χ0v) is 17.7. The molecule has 32 heavy (non-hydrogen) atoms. The molecule has 0 unspecified atom stereocenters. The van der Waals surface area contributed by atoms with Gasteiger partial charge in [0.1, 0.15) is 11.6 Å². The van der Waals surface area contributed by atoms with Gasteiger partial charge < -0.3 is 14.8 Å². The number of rotatable bonds is 8. The van der Waals surface area contributed by atoms with E-state index in [9.17, 15) is 22.4 Å². The molecule has 3 aromatic rings. The Hall–Kier alpha value is -3.92. The van der Waals surface area contributed by atoms with Crippen LogP contribution in [-0.2, 0) is 19.6 Å². The van der Waals surface area contributed by atoms with E-state index in [4.69, 9.17) is 4.74 Å². The molecule has 10 heteroatoms. The molecule has 166 valence electrons. The summed E-state index contributed by atoms with van der Waals surface area (Å²) in [7, 11) is -2.86. The summed E-state index contributed by atoms with van der Waals surface area (Å²) in [5, 5.41) is 2.64. The zero-order valence-electron chi connectivity index (χ0n) is 16.9. The third kappa shape index (κ3) is 5.82. The maximum absolute atomic E-state index is 13.8. The van der Waals surface area contributed by atoms with Gasteiger partial charge in [-0.05, 0) is 54.6 Å². The van der Waals surface area contributed by atoms with Crippen LogP contribution in [0, 0.1) is 5.82 Å². The molecular weight excluding hydrogens is 439 g/mol. The van der Waals surface area contributed by atoms with E-state index >= 15 is 0 Å². The molecular formula is C22H19FN2O6S. The predicted octanol–water partition coefficient (Wildman–Crippen LogP) is 3.43. The minimum atomic E-state index is -4.11. The van der Waals surface area contributed by atoms with Crippen molar-refractivity contribution in [3.63, 3.8) is 0 Å². The van der Waals surface area contributed by atoms with Crippen molar-refractivity contribution in [3.8, 4) is 5.75 Å². The molecule has 0 bridgehead atoms. The number of para-hydroxylation sites is 1. The second kappa shape index (κ2) is 9.92. The van der Waals surface area contributed by atoms with Crippen LogP contribution in [0.3, 0.4) is 0 Å². The van der Waals surface area contributed by atoms with E-state index in [1.165, 1.54) is 49.6 Å². The number of ether oxygens (including phenoxy) is 2. The number of benzene rings is 3. The Balaban J connectivity index is 1.70. The largest absolute Gasteiger partial charge is 0.482 e. The predicted molar refractivity (Wildman–Crippen MR) is 116 cm³/mol. The lowest BCUT2D eigenvalue weighted by molar-refractivity contribution is -0.142. The quantitative estimate of drug-likeness (QED) is 0.501. The van der Waals surface area contributed by atoms with Gasteiger partial charge in [-0.25, -0.2) is 17.6 Å². The second-order valence-corrected chi connectivity index (χ2v) is 8.14. The van der Waals surface area contributed by atoms with Crippen molar-refractivity contribution in [1.82, 2.24) is 0 Å². The molecule has 0 saturated carbocycles. The maximum Gasteiger partial charge on any atom is 0.343 e. The summed E-state index contributed by atoms with van der Waals surface area (Å²) in [6, 6.07) is 16.9. The molecule has 3 rings (SSSR count). The molecule has 0 aliphatic carbocycles. The van der Waals surface area contributed by atoms with Gasteiger partial charge in [-0.2, -0.15) is 0 Å².